The number of nitrogens with zero attached hydrogens (tertiary/aromatic N) is 1. The zero-order chi connectivity index (χ0) is 19.5. The molecule has 2 amide bonds. The number of halogens is 3. The fourth-order valence-corrected chi connectivity index (χ4v) is 2.78. The summed E-state index contributed by atoms with van der Waals surface area (Å²) >= 11 is 0. The van der Waals surface area contributed by atoms with Crippen molar-refractivity contribution in [2.45, 2.75) is 45.8 Å². The van der Waals surface area contributed by atoms with Crippen LogP contribution in [0.15, 0.2) is 18.2 Å². The van der Waals surface area contributed by atoms with Crippen molar-refractivity contribution in [3.63, 3.8) is 0 Å². The Morgan fingerprint density at radius 1 is 1.38 bits per heavy atom. The molecular weight excluding hydrogens is 349 g/mol. The van der Waals surface area contributed by atoms with Gasteiger partial charge in [-0.1, -0.05) is 6.92 Å². The molecule has 1 aliphatic heterocycles. The van der Waals surface area contributed by atoms with E-state index in [0.717, 1.165) is 12.1 Å². The number of benzene rings is 1. The van der Waals surface area contributed by atoms with Crippen molar-refractivity contribution in [3.05, 3.63) is 23.8 Å². The third-order valence-electron chi connectivity index (χ3n) is 4.18. The maximum atomic E-state index is 13.0. The van der Waals surface area contributed by atoms with Gasteiger partial charge in [-0.25, -0.2) is 0 Å². The maximum Gasteiger partial charge on any atom is 0.416 e. The third-order valence-corrected chi connectivity index (χ3v) is 4.18. The van der Waals surface area contributed by atoms with Gasteiger partial charge in [0.1, 0.15) is 5.75 Å². The molecule has 1 fully saturated rings. The van der Waals surface area contributed by atoms with Gasteiger partial charge in [0.2, 0.25) is 11.8 Å². The summed E-state index contributed by atoms with van der Waals surface area (Å²) in [7, 11) is 0. The van der Waals surface area contributed by atoms with Crippen LogP contribution in [0.5, 0.6) is 5.75 Å². The smallest absolute Gasteiger partial charge is 0.416 e. The molecule has 1 aromatic carbocycles. The van der Waals surface area contributed by atoms with Crippen molar-refractivity contribution in [1.82, 2.24) is 4.90 Å². The van der Waals surface area contributed by atoms with Gasteiger partial charge in [-0.3, -0.25) is 9.59 Å². The second-order valence-corrected chi connectivity index (χ2v) is 6.59. The molecule has 2 rings (SSSR count). The van der Waals surface area contributed by atoms with Gasteiger partial charge in [-0.15, -0.1) is 0 Å². The molecule has 26 heavy (non-hydrogen) atoms. The van der Waals surface area contributed by atoms with Crippen LogP contribution in [0.25, 0.3) is 0 Å². The van der Waals surface area contributed by atoms with Crippen LogP contribution >= 0.6 is 0 Å². The van der Waals surface area contributed by atoms with Gasteiger partial charge in [-0.05, 0) is 38.5 Å². The van der Waals surface area contributed by atoms with E-state index >= 15 is 0 Å². The monoisotopic (exact) mass is 372 g/mol. The highest BCUT2D eigenvalue weighted by Gasteiger charge is 2.36. The van der Waals surface area contributed by atoms with E-state index in [1.807, 2.05) is 20.8 Å². The number of carbonyl (C=O) groups excluding carboxylic acids is 2. The number of amides is 2. The van der Waals surface area contributed by atoms with Gasteiger partial charge in [0.05, 0.1) is 23.8 Å². The molecule has 0 spiro atoms. The molecule has 8 heteroatoms. The molecule has 0 radical (unpaired) electrons. The number of likely N-dealkylation sites (tertiary alicyclic amines) is 1. The minimum Gasteiger partial charge on any atom is -0.491 e. The number of hydrogen-bond acceptors (Lipinski definition) is 3. The van der Waals surface area contributed by atoms with Crippen LogP contribution in [0.2, 0.25) is 0 Å². The Hall–Kier alpha value is -2.25. The van der Waals surface area contributed by atoms with Crippen LogP contribution < -0.4 is 10.1 Å². The predicted octanol–water partition coefficient (Wildman–Crippen LogP) is 3.69. The molecule has 0 aliphatic carbocycles. The molecule has 144 valence electrons. The van der Waals surface area contributed by atoms with Crippen molar-refractivity contribution in [1.29, 1.82) is 0 Å². The van der Waals surface area contributed by atoms with E-state index in [2.05, 4.69) is 5.32 Å². The Labute approximate surface area is 150 Å². The Morgan fingerprint density at radius 2 is 2.08 bits per heavy atom. The average Bonchev–Trinajstić information content (AvgIpc) is 2.95. The van der Waals surface area contributed by atoms with Crippen LogP contribution in [-0.2, 0) is 15.8 Å². The Bertz CT molecular complexity index is 674. The number of alkyl halides is 3. The lowest BCUT2D eigenvalue weighted by atomic mass is 10.1. The fourth-order valence-electron chi connectivity index (χ4n) is 2.78. The molecule has 0 bridgehead atoms. The number of anilines is 1. The molecule has 1 heterocycles. The quantitative estimate of drug-likeness (QED) is 0.829. The molecule has 1 atom stereocenters. The predicted molar refractivity (Wildman–Crippen MR) is 90.8 cm³/mol. The number of rotatable bonds is 6. The van der Waals surface area contributed by atoms with Crippen LogP contribution in [-0.4, -0.2) is 35.9 Å². The first kappa shape index (κ1) is 20.1. The molecule has 1 aliphatic rings. The highest BCUT2D eigenvalue weighted by Crippen LogP contribution is 2.35. The van der Waals surface area contributed by atoms with E-state index in [-0.39, 0.29) is 36.4 Å². The highest BCUT2D eigenvalue weighted by molar-refractivity contribution is 5.98. The van der Waals surface area contributed by atoms with Crippen molar-refractivity contribution in [2.75, 3.05) is 18.5 Å². The summed E-state index contributed by atoms with van der Waals surface area (Å²) in [4.78, 5) is 26.0. The minimum atomic E-state index is -4.53. The summed E-state index contributed by atoms with van der Waals surface area (Å²) in [5.74, 6) is -1.04. The third kappa shape index (κ3) is 4.68. The summed E-state index contributed by atoms with van der Waals surface area (Å²) in [5.41, 5.74) is -0.906. The largest absolute Gasteiger partial charge is 0.491 e. The van der Waals surface area contributed by atoms with E-state index in [9.17, 15) is 22.8 Å². The molecule has 0 saturated carbocycles. The lowest BCUT2D eigenvalue weighted by molar-refractivity contribution is -0.137. The normalized spacial score (nSPS) is 17.7. The van der Waals surface area contributed by atoms with Crippen molar-refractivity contribution in [3.8, 4) is 5.75 Å². The summed E-state index contributed by atoms with van der Waals surface area (Å²) in [5, 5.41) is 2.51. The van der Waals surface area contributed by atoms with Crippen molar-refractivity contribution >= 4 is 17.5 Å². The van der Waals surface area contributed by atoms with Crippen LogP contribution in [0.3, 0.4) is 0 Å². The van der Waals surface area contributed by atoms with Crippen molar-refractivity contribution < 1.29 is 27.5 Å². The molecule has 5 nitrogen and oxygen atoms in total. The molecule has 1 saturated heterocycles. The maximum absolute atomic E-state index is 13.0. The van der Waals surface area contributed by atoms with Crippen molar-refractivity contribution in [2.24, 2.45) is 5.92 Å². The van der Waals surface area contributed by atoms with Gasteiger partial charge in [0.15, 0.2) is 0 Å². The standard InChI is InChI=1S/C18H23F3N2O3/c1-4-7-26-15-6-5-13(18(19,20)21)9-14(15)22-17(25)12-8-16(24)23(10-12)11(2)3/h5-6,9,11-12H,4,7-8,10H2,1-3H3,(H,22,25). The topological polar surface area (TPSA) is 58.6 Å². The van der Waals surface area contributed by atoms with E-state index in [4.69, 9.17) is 4.74 Å². The van der Waals surface area contributed by atoms with Crippen LogP contribution in [0.4, 0.5) is 18.9 Å². The van der Waals surface area contributed by atoms with Gasteiger partial charge in [0.25, 0.3) is 0 Å². The first-order valence-electron chi connectivity index (χ1n) is 8.57. The zero-order valence-electron chi connectivity index (χ0n) is 15.0. The molecular formula is C18H23F3N2O3. The average molecular weight is 372 g/mol. The summed E-state index contributed by atoms with van der Waals surface area (Å²) < 4.78 is 44.4. The van der Waals surface area contributed by atoms with E-state index in [0.29, 0.717) is 13.0 Å². The second kappa shape index (κ2) is 7.97. The molecule has 1 aromatic rings. The Kier molecular flexibility index (Phi) is 6.15. The first-order chi connectivity index (χ1) is 12.1. The van der Waals surface area contributed by atoms with Gasteiger partial charge < -0.3 is 15.0 Å². The summed E-state index contributed by atoms with van der Waals surface area (Å²) in [6, 6.07) is 2.95. The molecule has 0 aromatic heterocycles. The SMILES string of the molecule is CCCOc1ccc(C(F)(F)F)cc1NC(=O)C1CC(=O)N(C(C)C)C1. The fraction of sp³-hybridized carbons (Fsp3) is 0.556. The minimum absolute atomic E-state index is 0.0303. The zero-order valence-corrected chi connectivity index (χ0v) is 15.0. The summed E-state index contributed by atoms with van der Waals surface area (Å²) in [6.45, 7) is 6.14. The van der Waals surface area contributed by atoms with E-state index in [1.165, 1.54) is 6.07 Å². The van der Waals surface area contributed by atoms with Gasteiger partial charge in [0, 0.05) is 19.0 Å². The number of nitrogens with one attached hydrogen (secondary N) is 1. The number of carbonyl (C=O) groups is 2. The Balaban J connectivity index is 2.20. The lowest BCUT2D eigenvalue weighted by Gasteiger charge is -2.21. The van der Waals surface area contributed by atoms with Crippen LogP contribution in [0.1, 0.15) is 39.2 Å². The lowest BCUT2D eigenvalue weighted by Crippen LogP contribution is -2.33. The van der Waals surface area contributed by atoms with Gasteiger partial charge in [-0.2, -0.15) is 13.2 Å². The Morgan fingerprint density at radius 3 is 2.62 bits per heavy atom. The first-order valence-corrected chi connectivity index (χ1v) is 8.57. The molecule has 1 N–H and O–H groups in total. The molecule has 1 unspecified atom stereocenters. The van der Waals surface area contributed by atoms with Gasteiger partial charge >= 0.3 is 6.18 Å². The van der Waals surface area contributed by atoms with E-state index in [1.54, 1.807) is 4.90 Å². The highest BCUT2D eigenvalue weighted by atomic mass is 19.4. The summed E-state index contributed by atoms with van der Waals surface area (Å²) in [6.07, 6.45) is -3.80. The van der Waals surface area contributed by atoms with Crippen LogP contribution in [0, 0.1) is 5.92 Å². The second-order valence-electron chi connectivity index (χ2n) is 6.59. The number of ether oxygens (including phenoxy) is 1. The van der Waals surface area contributed by atoms with E-state index < -0.39 is 23.6 Å². The number of hydrogen-bond donors (Lipinski definition) is 1.